The SMILES string of the molecule is COC(=O)C1(C)C=CNC=C1. The highest BCUT2D eigenvalue weighted by molar-refractivity contribution is 5.81. The van der Waals surface area contributed by atoms with Gasteiger partial charge in [-0.15, -0.1) is 0 Å². The van der Waals surface area contributed by atoms with Gasteiger partial charge in [-0.1, -0.05) is 0 Å². The van der Waals surface area contributed by atoms with Crippen LogP contribution in [0.4, 0.5) is 0 Å². The summed E-state index contributed by atoms with van der Waals surface area (Å²) in [5.41, 5.74) is -0.597. The predicted octanol–water partition coefficient (Wildman–Crippen LogP) is 0.796. The van der Waals surface area contributed by atoms with Crippen LogP contribution in [0.15, 0.2) is 24.6 Å². The molecular formula is C8H11NO2. The molecule has 0 fully saturated rings. The molecule has 1 rings (SSSR count). The topological polar surface area (TPSA) is 38.3 Å². The van der Waals surface area contributed by atoms with Crippen LogP contribution in [0.2, 0.25) is 0 Å². The van der Waals surface area contributed by atoms with Crippen LogP contribution in [-0.4, -0.2) is 13.1 Å². The van der Waals surface area contributed by atoms with Crippen LogP contribution >= 0.6 is 0 Å². The number of rotatable bonds is 1. The lowest BCUT2D eigenvalue weighted by Gasteiger charge is -2.20. The zero-order chi connectivity index (χ0) is 8.32. The lowest BCUT2D eigenvalue weighted by Crippen LogP contribution is -2.27. The number of carbonyl (C=O) groups excluding carboxylic acids is 1. The minimum absolute atomic E-state index is 0.244. The number of hydrogen-bond acceptors (Lipinski definition) is 3. The van der Waals surface area contributed by atoms with Crippen molar-refractivity contribution in [2.75, 3.05) is 7.11 Å². The predicted molar refractivity (Wildman–Crippen MR) is 41.5 cm³/mol. The standard InChI is InChI=1S/C8H11NO2/c1-8(7(10)11-2)3-5-9-6-4-8/h3-6,9H,1-2H3. The first-order valence-corrected chi connectivity index (χ1v) is 3.39. The molecule has 0 aromatic heterocycles. The average Bonchev–Trinajstić information content (AvgIpc) is 2.04. The van der Waals surface area contributed by atoms with E-state index >= 15 is 0 Å². The summed E-state index contributed by atoms with van der Waals surface area (Å²) in [4.78, 5) is 11.1. The maximum atomic E-state index is 11.1. The van der Waals surface area contributed by atoms with Crippen molar-refractivity contribution in [3.8, 4) is 0 Å². The maximum Gasteiger partial charge on any atom is 0.319 e. The Balaban J connectivity index is 2.80. The van der Waals surface area contributed by atoms with Crippen molar-refractivity contribution < 1.29 is 9.53 Å². The molecule has 0 unspecified atom stereocenters. The van der Waals surface area contributed by atoms with Gasteiger partial charge in [-0.3, -0.25) is 4.79 Å². The summed E-state index contributed by atoms with van der Waals surface area (Å²) in [7, 11) is 1.39. The Morgan fingerprint density at radius 3 is 2.45 bits per heavy atom. The molecule has 0 spiro atoms. The summed E-state index contributed by atoms with van der Waals surface area (Å²) in [5.74, 6) is -0.244. The van der Waals surface area contributed by atoms with Gasteiger partial charge in [-0.2, -0.15) is 0 Å². The van der Waals surface area contributed by atoms with Crippen LogP contribution in [0.25, 0.3) is 0 Å². The lowest BCUT2D eigenvalue weighted by atomic mass is 9.90. The van der Waals surface area contributed by atoms with E-state index in [1.807, 2.05) is 0 Å². The van der Waals surface area contributed by atoms with E-state index in [1.54, 1.807) is 31.5 Å². The van der Waals surface area contributed by atoms with Crippen molar-refractivity contribution in [2.45, 2.75) is 6.92 Å². The molecule has 0 aromatic rings. The summed E-state index contributed by atoms with van der Waals surface area (Å²) in [6, 6.07) is 0. The normalized spacial score (nSPS) is 19.1. The number of nitrogens with one attached hydrogen (secondary N) is 1. The van der Waals surface area contributed by atoms with Gasteiger partial charge in [0, 0.05) is 0 Å². The summed E-state index contributed by atoms with van der Waals surface area (Å²) in [6.07, 6.45) is 6.96. The van der Waals surface area contributed by atoms with E-state index in [9.17, 15) is 4.79 Å². The number of carbonyl (C=O) groups is 1. The van der Waals surface area contributed by atoms with Crippen LogP contribution in [0, 0.1) is 5.41 Å². The maximum absolute atomic E-state index is 11.1. The van der Waals surface area contributed by atoms with Gasteiger partial charge in [-0.25, -0.2) is 0 Å². The molecule has 0 aromatic carbocycles. The fraction of sp³-hybridized carbons (Fsp3) is 0.375. The Bertz CT molecular complexity index is 206. The molecule has 1 heterocycles. The van der Waals surface area contributed by atoms with E-state index in [0.29, 0.717) is 0 Å². The third-order valence-electron chi connectivity index (χ3n) is 1.68. The molecule has 0 saturated carbocycles. The van der Waals surface area contributed by atoms with Crippen molar-refractivity contribution in [1.82, 2.24) is 5.32 Å². The molecule has 11 heavy (non-hydrogen) atoms. The Morgan fingerprint density at radius 1 is 1.45 bits per heavy atom. The van der Waals surface area contributed by atoms with E-state index in [0.717, 1.165) is 0 Å². The Morgan fingerprint density at radius 2 is 2.00 bits per heavy atom. The average molecular weight is 153 g/mol. The van der Waals surface area contributed by atoms with Gasteiger partial charge >= 0.3 is 5.97 Å². The van der Waals surface area contributed by atoms with Gasteiger partial charge in [0.1, 0.15) is 5.41 Å². The molecule has 0 radical (unpaired) electrons. The van der Waals surface area contributed by atoms with Gasteiger partial charge in [0.15, 0.2) is 0 Å². The van der Waals surface area contributed by atoms with Crippen LogP contribution in [0.5, 0.6) is 0 Å². The molecule has 0 aliphatic carbocycles. The second kappa shape index (κ2) is 2.78. The first-order valence-electron chi connectivity index (χ1n) is 3.39. The second-order valence-electron chi connectivity index (χ2n) is 2.61. The summed E-state index contributed by atoms with van der Waals surface area (Å²) >= 11 is 0. The van der Waals surface area contributed by atoms with E-state index in [4.69, 9.17) is 0 Å². The molecule has 1 aliphatic heterocycles. The summed E-state index contributed by atoms with van der Waals surface area (Å²) < 4.78 is 4.62. The van der Waals surface area contributed by atoms with Gasteiger partial charge in [-0.05, 0) is 31.5 Å². The number of ether oxygens (including phenoxy) is 1. The largest absolute Gasteiger partial charge is 0.468 e. The fourth-order valence-corrected chi connectivity index (χ4v) is 0.910. The van der Waals surface area contributed by atoms with Gasteiger partial charge in [0.2, 0.25) is 0 Å². The zero-order valence-corrected chi connectivity index (χ0v) is 6.63. The minimum atomic E-state index is -0.597. The molecule has 0 saturated heterocycles. The molecule has 0 atom stereocenters. The van der Waals surface area contributed by atoms with Crippen molar-refractivity contribution in [2.24, 2.45) is 5.41 Å². The number of dihydropyridines is 1. The van der Waals surface area contributed by atoms with Crippen molar-refractivity contribution >= 4 is 5.97 Å². The Hall–Kier alpha value is -1.25. The molecule has 0 bridgehead atoms. The summed E-state index contributed by atoms with van der Waals surface area (Å²) in [5, 5.41) is 2.85. The molecule has 1 aliphatic rings. The van der Waals surface area contributed by atoms with Crippen molar-refractivity contribution in [3.05, 3.63) is 24.6 Å². The minimum Gasteiger partial charge on any atom is -0.468 e. The number of methoxy groups -OCH3 is 1. The number of hydrogen-bond donors (Lipinski definition) is 1. The third kappa shape index (κ3) is 1.42. The number of esters is 1. The smallest absolute Gasteiger partial charge is 0.319 e. The van der Waals surface area contributed by atoms with E-state index in [1.165, 1.54) is 7.11 Å². The first kappa shape index (κ1) is 7.85. The first-order chi connectivity index (χ1) is 5.19. The molecule has 3 heteroatoms. The highest BCUT2D eigenvalue weighted by atomic mass is 16.5. The van der Waals surface area contributed by atoms with Crippen molar-refractivity contribution in [3.63, 3.8) is 0 Å². The van der Waals surface area contributed by atoms with Crippen LogP contribution < -0.4 is 5.32 Å². The van der Waals surface area contributed by atoms with Gasteiger partial charge in [0.05, 0.1) is 7.11 Å². The highest BCUT2D eigenvalue weighted by Crippen LogP contribution is 2.23. The highest BCUT2D eigenvalue weighted by Gasteiger charge is 2.29. The monoisotopic (exact) mass is 153 g/mol. The molecular weight excluding hydrogens is 142 g/mol. The van der Waals surface area contributed by atoms with E-state index in [2.05, 4.69) is 10.1 Å². The van der Waals surface area contributed by atoms with Crippen LogP contribution in [-0.2, 0) is 9.53 Å². The van der Waals surface area contributed by atoms with Crippen molar-refractivity contribution in [1.29, 1.82) is 0 Å². The quantitative estimate of drug-likeness (QED) is 0.566. The van der Waals surface area contributed by atoms with Gasteiger partial charge < -0.3 is 10.1 Å². The molecule has 0 amide bonds. The molecule has 1 N–H and O–H groups in total. The Kier molecular flexibility index (Phi) is 1.98. The fourth-order valence-electron chi connectivity index (χ4n) is 0.910. The lowest BCUT2D eigenvalue weighted by molar-refractivity contribution is -0.146. The molecule has 60 valence electrons. The van der Waals surface area contributed by atoms with Crippen LogP contribution in [0.3, 0.4) is 0 Å². The zero-order valence-electron chi connectivity index (χ0n) is 6.63. The molecule has 3 nitrogen and oxygen atoms in total. The van der Waals surface area contributed by atoms with E-state index < -0.39 is 5.41 Å². The Labute approximate surface area is 65.7 Å². The van der Waals surface area contributed by atoms with E-state index in [-0.39, 0.29) is 5.97 Å². The third-order valence-corrected chi connectivity index (χ3v) is 1.68. The second-order valence-corrected chi connectivity index (χ2v) is 2.61. The summed E-state index contributed by atoms with van der Waals surface area (Å²) in [6.45, 7) is 1.80. The van der Waals surface area contributed by atoms with Gasteiger partial charge in [0.25, 0.3) is 0 Å². The van der Waals surface area contributed by atoms with Crippen LogP contribution in [0.1, 0.15) is 6.92 Å².